The number of hydrogen-bond acceptors (Lipinski definition) is 3. The van der Waals surface area contributed by atoms with Gasteiger partial charge in [0.2, 0.25) is 5.91 Å². The summed E-state index contributed by atoms with van der Waals surface area (Å²) in [5, 5.41) is 12.7. The molecule has 0 aliphatic rings. The Morgan fingerprint density at radius 1 is 1.20 bits per heavy atom. The topological polar surface area (TPSA) is 65.8 Å². The van der Waals surface area contributed by atoms with E-state index in [9.17, 15) is 4.79 Å². The van der Waals surface area contributed by atoms with E-state index >= 15 is 0 Å². The normalized spacial score (nSPS) is 10.4. The first-order valence-electron chi connectivity index (χ1n) is 8.22. The summed E-state index contributed by atoms with van der Waals surface area (Å²) in [5.74, 6) is 0.0250. The number of nitrogens with one attached hydrogen (secondary N) is 1. The van der Waals surface area contributed by atoms with E-state index in [1.807, 2.05) is 24.3 Å². The highest BCUT2D eigenvalue weighted by molar-refractivity contribution is 5.88. The van der Waals surface area contributed by atoms with Crippen molar-refractivity contribution in [2.45, 2.75) is 19.8 Å². The number of fused-ring (bicyclic) bond motifs is 1. The number of hydrogen-bond donors (Lipinski definition) is 1. The summed E-state index contributed by atoms with van der Waals surface area (Å²) in [6, 6.07) is 17.7. The number of nitriles is 1. The van der Waals surface area contributed by atoms with Crippen LogP contribution in [0.1, 0.15) is 23.1 Å². The lowest BCUT2D eigenvalue weighted by molar-refractivity contribution is -0.120. The lowest BCUT2D eigenvalue weighted by atomic mass is 10.00. The third kappa shape index (κ3) is 3.51. The van der Waals surface area contributed by atoms with E-state index in [2.05, 4.69) is 30.4 Å². The molecule has 0 bridgehead atoms. The molecule has 0 spiro atoms. The van der Waals surface area contributed by atoms with Gasteiger partial charge in [-0.1, -0.05) is 30.3 Å². The van der Waals surface area contributed by atoms with Gasteiger partial charge < -0.3 is 5.32 Å². The molecular weight excluding hydrogens is 310 g/mol. The Balaban J connectivity index is 2.06. The first-order valence-corrected chi connectivity index (χ1v) is 8.22. The van der Waals surface area contributed by atoms with Crippen LogP contribution >= 0.6 is 0 Å². The zero-order chi connectivity index (χ0) is 17.8. The molecule has 1 N–H and O–H groups in total. The molecular formula is C21H19N3O. The number of carbonyl (C=O) groups is 1. The number of carbonyl (C=O) groups excluding carboxylic acids is 1. The van der Waals surface area contributed by atoms with E-state index in [-0.39, 0.29) is 5.91 Å². The van der Waals surface area contributed by atoms with Crippen LogP contribution in [-0.2, 0) is 11.2 Å². The first-order chi connectivity index (χ1) is 12.1. The number of para-hydroxylation sites is 1. The van der Waals surface area contributed by atoms with Crippen LogP contribution in [0.25, 0.3) is 22.2 Å². The van der Waals surface area contributed by atoms with Crippen LogP contribution in [0.4, 0.5) is 0 Å². The SMILES string of the molecule is CNC(=O)CCc1cccc2c(C)cc(-c3ccc(C#N)cc3)nc12. The Labute approximate surface area is 147 Å². The lowest BCUT2D eigenvalue weighted by Gasteiger charge is -2.11. The molecule has 0 unspecified atom stereocenters. The lowest BCUT2D eigenvalue weighted by Crippen LogP contribution is -2.18. The minimum atomic E-state index is 0.0250. The van der Waals surface area contributed by atoms with Crippen LogP contribution in [0.5, 0.6) is 0 Å². The van der Waals surface area contributed by atoms with Crippen molar-refractivity contribution < 1.29 is 4.79 Å². The van der Waals surface area contributed by atoms with E-state index in [0.717, 1.165) is 33.3 Å². The van der Waals surface area contributed by atoms with E-state index < -0.39 is 0 Å². The van der Waals surface area contributed by atoms with Gasteiger partial charge in [0.15, 0.2) is 0 Å². The predicted molar refractivity (Wildman–Crippen MR) is 99.0 cm³/mol. The third-order valence-corrected chi connectivity index (χ3v) is 4.34. The highest BCUT2D eigenvalue weighted by Crippen LogP contribution is 2.27. The van der Waals surface area contributed by atoms with Gasteiger partial charge in [0.1, 0.15) is 0 Å². The number of aryl methyl sites for hydroxylation is 2. The Morgan fingerprint density at radius 3 is 2.64 bits per heavy atom. The molecule has 25 heavy (non-hydrogen) atoms. The first kappa shape index (κ1) is 16.7. The summed E-state index contributed by atoms with van der Waals surface area (Å²) in [6.07, 6.45) is 1.09. The quantitative estimate of drug-likeness (QED) is 0.792. The highest BCUT2D eigenvalue weighted by atomic mass is 16.1. The van der Waals surface area contributed by atoms with Crippen molar-refractivity contribution in [3.8, 4) is 17.3 Å². The molecule has 2 aromatic carbocycles. The molecule has 4 heteroatoms. The fourth-order valence-corrected chi connectivity index (χ4v) is 2.92. The second-order valence-electron chi connectivity index (χ2n) is 6.00. The molecule has 3 rings (SSSR count). The molecule has 1 amide bonds. The summed E-state index contributed by atoms with van der Waals surface area (Å²) in [4.78, 5) is 16.4. The maximum absolute atomic E-state index is 11.6. The van der Waals surface area contributed by atoms with Crippen LogP contribution in [0.2, 0.25) is 0 Å². The van der Waals surface area contributed by atoms with Crippen LogP contribution in [0.3, 0.4) is 0 Å². The van der Waals surface area contributed by atoms with Gasteiger partial charge in [0.05, 0.1) is 22.8 Å². The molecule has 124 valence electrons. The number of aromatic nitrogens is 1. The number of nitrogens with zero attached hydrogens (tertiary/aromatic N) is 2. The standard InChI is InChI=1S/C21H19N3O/c1-14-12-19(16-8-6-15(13-22)7-9-16)24-21-17(4-3-5-18(14)21)10-11-20(25)23-2/h3-9,12H,10-11H2,1-2H3,(H,23,25). The summed E-state index contributed by atoms with van der Waals surface area (Å²) in [6.45, 7) is 2.07. The average Bonchev–Trinajstić information content (AvgIpc) is 2.66. The largest absolute Gasteiger partial charge is 0.359 e. The fourth-order valence-electron chi connectivity index (χ4n) is 2.92. The van der Waals surface area contributed by atoms with Gasteiger partial charge in [-0.05, 0) is 42.7 Å². The zero-order valence-corrected chi connectivity index (χ0v) is 14.3. The average molecular weight is 329 g/mol. The van der Waals surface area contributed by atoms with Crippen LogP contribution in [0, 0.1) is 18.3 Å². The summed E-state index contributed by atoms with van der Waals surface area (Å²) < 4.78 is 0. The maximum atomic E-state index is 11.6. The molecule has 0 fully saturated rings. The van der Waals surface area contributed by atoms with Crippen molar-refractivity contribution >= 4 is 16.8 Å². The second-order valence-corrected chi connectivity index (χ2v) is 6.00. The summed E-state index contributed by atoms with van der Waals surface area (Å²) in [7, 11) is 1.65. The summed E-state index contributed by atoms with van der Waals surface area (Å²) >= 11 is 0. The van der Waals surface area contributed by atoms with Crippen molar-refractivity contribution in [3.63, 3.8) is 0 Å². The van der Waals surface area contributed by atoms with E-state index in [1.54, 1.807) is 19.2 Å². The minimum Gasteiger partial charge on any atom is -0.359 e. The highest BCUT2D eigenvalue weighted by Gasteiger charge is 2.10. The minimum absolute atomic E-state index is 0.0250. The molecule has 0 radical (unpaired) electrons. The zero-order valence-electron chi connectivity index (χ0n) is 14.3. The van der Waals surface area contributed by atoms with Gasteiger partial charge >= 0.3 is 0 Å². The molecule has 4 nitrogen and oxygen atoms in total. The predicted octanol–water partition coefficient (Wildman–Crippen LogP) is 3.76. The molecule has 0 saturated heterocycles. The Kier molecular flexibility index (Phi) is 4.76. The van der Waals surface area contributed by atoms with Crippen molar-refractivity contribution in [1.29, 1.82) is 5.26 Å². The molecule has 0 aliphatic heterocycles. The Bertz CT molecular complexity index is 969. The monoisotopic (exact) mass is 329 g/mol. The van der Waals surface area contributed by atoms with Crippen molar-refractivity contribution in [3.05, 3.63) is 65.2 Å². The summed E-state index contributed by atoms with van der Waals surface area (Å²) in [5.41, 5.74) is 5.64. The number of rotatable bonds is 4. The molecule has 1 aromatic heterocycles. The molecule has 0 atom stereocenters. The molecule has 3 aromatic rings. The smallest absolute Gasteiger partial charge is 0.220 e. The van der Waals surface area contributed by atoms with Gasteiger partial charge in [0.25, 0.3) is 0 Å². The fraction of sp³-hybridized carbons (Fsp3) is 0.190. The van der Waals surface area contributed by atoms with Crippen LogP contribution in [-0.4, -0.2) is 17.9 Å². The van der Waals surface area contributed by atoms with Crippen molar-refractivity contribution in [1.82, 2.24) is 10.3 Å². The van der Waals surface area contributed by atoms with E-state index in [4.69, 9.17) is 10.2 Å². The molecule has 1 heterocycles. The number of amides is 1. The number of benzene rings is 2. The van der Waals surface area contributed by atoms with Gasteiger partial charge in [-0.15, -0.1) is 0 Å². The van der Waals surface area contributed by atoms with Gasteiger partial charge in [0, 0.05) is 24.4 Å². The van der Waals surface area contributed by atoms with Gasteiger partial charge in [-0.25, -0.2) is 4.98 Å². The number of pyridine rings is 1. The Hall–Kier alpha value is -3.19. The molecule has 0 saturated carbocycles. The van der Waals surface area contributed by atoms with Gasteiger partial charge in [-0.2, -0.15) is 5.26 Å². The third-order valence-electron chi connectivity index (χ3n) is 4.34. The second kappa shape index (κ2) is 7.14. The Morgan fingerprint density at radius 2 is 1.96 bits per heavy atom. The van der Waals surface area contributed by atoms with E-state index in [0.29, 0.717) is 18.4 Å². The van der Waals surface area contributed by atoms with E-state index in [1.165, 1.54) is 0 Å². The van der Waals surface area contributed by atoms with Crippen LogP contribution < -0.4 is 5.32 Å². The van der Waals surface area contributed by atoms with Crippen molar-refractivity contribution in [2.24, 2.45) is 0 Å². The van der Waals surface area contributed by atoms with Gasteiger partial charge in [-0.3, -0.25) is 4.79 Å². The maximum Gasteiger partial charge on any atom is 0.220 e. The van der Waals surface area contributed by atoms with Crippen molar-refractivity contribution in [2.75, 3.05) is 7.05 Å². The molecule has 0 aliphatic carbocycles. The van der Waals surface area contributed by atoms with Crippen LogP contribution in [0.15, 0.2) is 48.5 Å².